The van der Waals surface area contributed by atoms with Crippen molar-refractivity contribution in [3.8, 4) is 0 Å². The minimum Gasteiger partial charge on any atom is -0.399 e. The molecule has 1 amide bonds. The maximum absolute atomic E-state index is 11.8. The van der Waals surface area contributed by atoms with Crippen LogP contribution in [0.5, 0.6) is 0 Å². The van der Waals surface area contributed by atoms with Crippen molar-refractivity contribution in [1.29, 1.82) is 0 Å². The number of hydrogen-bond acceptors (Lipinski definition) is 3. The molecule has 0 radical (unpaired) electrons. The molecular formula is C15H22N2O2. The summed E-state index contributed by atoms with van der Waals surface area (Å²) in [7, 11) is 0. The van der Waals surface area contributed by atoms with E-state index in [9.17, 15) is 4.79 Å². The molecule has 3 N–H and O–H groups in total. The summed E-state index contributed by atoms with van der Waals surface area (Å²) in [5, 5.41) is 3.07. The number of anilines is 1. The zero-order valence-corrected chi connectivity index (χ0v) is 11.4. The minimum atomic E-state index is 0.0609. The van der Waals surface area contributed by atoms with E-state index in [0.29, 0.717) is 13.0 Å². The van der Waals surface area contributed by atoms with Gasteiger partial charge in [0.15, 0.2) is 0 Å². The first-order valence-corrected chi connectivity index (χ1v) is 6.96. The lowest BCUT2D eigenvalue weighted by molar-refractivity contribution is -0.122. The van der Waals surface area contributed by atoms with E-state index in [1.54, 1.807) is 0 Å². The van der Waals surface area contributed by atoms with Crippen LogP contribution >= 0.6 is 0 Å². The number of ether oxygens (including phenoxy) is 1. The van der Waals surface area contributed by atoms with Gasteiger partial charge in [-0.05, 0) is 42.5 Å². The molecule has 1 unspecified atom stereocenters. The van der Waals surface area contributed by atoms with Gasteiger partial charge in [0, 0.05) is 18.7 Å². The highest BCUT2D eigenvalue weighted by atomic mass is 16.5. The summed E-state index contributed by atoms with van der Waals surface area (Å²) in [6.07, 6.45) is 3.36. The van der Waals surface area contributed by atoms with Gasteiger partial charge in [0.1, 0.15) is 0 Å². The van der Waals surface area contributed by atoms with Crippen molar-refractivity contribution in [2.45, 2.75) is 38.6 Å². The number of benzene rings is 1. The molecule has 1 aliphatic carbocycles. The van der Waals surface area contributed by atoms with Gasteiger partial charge in [-0.15, -0.1) is 0 Å². The number of nitrogen functional groups attached to an aromatic ring is 1. The quantitative estimate of drug-likeness (QED) is 0.610. The molecule has 0 spiro atoms. The molecule has 1 aromatic carbocycles. The van der Waals surface area contributed by atoms with Gasteiger partial charge in [-0.25, -0.2) is 0 Å². The number of carbonyl (C=O) groups is 1. The van der Waals surface area contributed by atoms with E-state index in [4.69, 9.17) is 10.5 Å². The first-order chi connectivity index (χ1) is 9.20. The lowest BCUT2D eigenvalue weighted by Crippen LogP contribution is -2.28. The maximum Gasteiger partial charge on any atom is 0.222 e. The molecule has 0 bridgehead atoms. The number of fused-ring (bicyclic) bond motifs is 1. The first kappa shape index (κ1) is 13.9. The van der Waals surface area contributed by atoms with Crippen molar-refractivity contribution in [1.82, 2.24) is 5.32 Å². The summed E-state index contributed by atoms with van der Waals surface area (Å²) in [4.78, 5) is 11.8. The number of rotatable bonds is 6. The van der Waals surface area contributed by atoms with E-state index < -0.39 is 0 Å². The standard InChI is InChI=1S/C15H22N2O2/c1-2-8-19-9-7-15(18)17-14-6-3-11-10-12(16)4-5-13(11)14/h4-5,10,14H,2-3,6-9,16H2,1H3,(H,17,18). The van der Waals surface area contributed by atoms with Crippen molar-refractivity contribution in [3.05, 3.63) is 29.3 Å². The summed E-state index contributed by atoms with van der Waals surface area (Å²) >= 11 is 0. The number of aryl methyl sites for hydroxylation is 1. The van der Waals surface area contributed by atoms with Crippen molar-refractivity contribution >= 4 is 11.6 Å². The Morgan fingerprint density at radius 1 is 1.47 bits per heavy atom. The van der Waals surface area contributed by atoms with Crippen LogP contribution in [0, 0.1) is 0 Å². The largest absolute Gasteiger partial charge is 0.399 e. The molecule has 4 heteroatoms. The molecule has 0 aromatic heterocycles. The van der Waals surface area contributed by atoms with Crippen LogP contribution in [0.2, 0.25) is 0 Å². The van der Waals surface area contributed by atoms with Crippen LogP contribution in [0.4, 0.5) is 5.69 Å². The molecule has 1 atom stereocenters. The number of nitrogens with two attached hydrogens (primary N) is 1. The van der Waals surface area contributed by atoms with Crippen molar-refractivity contribution in [3.63, 3.8) is 0 Å². The summed E-state index contributed by atoms with van der Waals surface area (Å²) in [6, 6.07) is 6.06. The Labute approximate surface area is 114 Å². The number of carbonyl (C=O) groups excluding carboxylic acids is 1. The van der Waals surface area contributed by atoms with E-state index >= 15 is 0 Å². The summed E-state index contributed by atoms with van der Waals surface area (Å²) < 4.78 is 5.33. The number of hydrogen-bond donors (Lipinski definition) is 2. The molecular weight excluding hydrogens is 240 g/mol. The Kier molecular flexibility index (Phi) is 4.80. The highest BCUT2D eigenvalue weighted by molar-refractivity contribution is 5.76. The third kappa shape index (κ3) is 3.70. The smallest absolute Gasteiger partial charge is 0.222 e. The molecule has 2 rings (SSSR count). The average Bonchev–Trinajstić information content (AvgIpc) is 2.77. The molecule has 0 fully saturated rings. The van der Waals surface area contributed by atoms with Crippen LogP contribution in [-0.4, -0.2) is 19.1 Å². The molecule has 0 aliphatic heterocycles. The van der Waals surface area contributed by atoms with E-state index in [0.717, 1.165) is 31.6 Å². The van der Waals surface area contributed by atoms with Crippen LogP contribution in [0.3, 0.4) is 0 Å². The molecule has 1 aliphatic rings. The second-order valence-electron chi connectivity index (χ2n) is 4.98. The van der Waals surface area contributed by atoms with Gasteiger partial charge in [-0.2, -0.15) is 0 Å². The van der Waals surface area contributed by atoms with Crippen LogP contribution in [0.15, 0.2) is 18.2 Å². The van der Waals surface area contributed by atoms with Gasteiger partial charge in [-0.1, -0.05) is 13.0 Å². The second-order valence-corrected chi connectivity index (χ2v) is 4.98. The molecule has 0 heterocycles. The Hall–Kier alpha value is -1.55. The van der Waals surface area contributed by atoms with Gasteiger partial charge in [-0.3, -0.25) is 4.79 Å². The Morgan fingerprint density at radius 3 is 3.11 bits per heavy atom. The van der Waals surface area contributed by atoms with E-state index in [-0.39, 0.29) is 11.9 Å². The minimum absolute atomic E-state index is 0.0609. The maximum atomic E-state index is 11.8. The fourth-order valence-electron chi connectivity index (χ4n) is 2.47. The summed E-state index contributed by atoms with van der Waals surface area (Å²) in [6.45, 7) is 3.28. The van der Waals surface area contributed by atoms with E-state index in [2.05, 4.69) is 12.2 Å². The normalized spacial score (nSPS) is 17.2. The first-order valence-electron chi connectivity index (χ1n) is 6.96. The van der Waals surface area contributed by atoms with E-state index in [1.807, 2.05) is 18.2 Å². The highest BCUT2D eigenvalue weighted by Crippen LogP contribution is 2.32. The second kappa shape index (κ2) is 6.57. The molecule has 1 aromatic rings. The molecule has 0 saturated heterocycles. The van der Waals surface area contributed by atoms with Crippen LogP contribution in [0.25, 0.3) is 0 Å². The lowest BCUT2D eigenvalue weighted by Gasteiger charge is -2.14. The molecule has 0 saturated carbocycles. The predicted octanol–water partition coefficient (Wildman–Crippen LogP) is 2.19. The van der Waals surface area contributed by atoms with Crippen LogP contribution in [-0.2, 0) is 16.0 Å². The topological polar surface area (TPSA) is 64.3 Å². The fourth-order valence-corrected chi connectivity index (χ4v) is 2.47. The Balaban J connectivity index is 1.83. The summed E-state index contributed by atoms with van der Waals surface area (Å²) in [5.41, 5.74) is 9.02. The third-order valence-corrected chi connectivity index (χ3v) is 3.40. The molecule has 4 nitrogen and oxygen atoms in total. The van der Waals surface area contributed by atoms with E-state index in [1.165, 1.54) is 11.1 Å². The molecule has 19 heavy (non-hydrogen) atoms. The Bertz CT molecular complexity index is 446. The van der Waals surface area contributed by atoms with Crippen molar-refractivity contribution < 1.29 is 9.53 Å². The average molecular weight is 262 g/mol. The number of nitrogens with one attached hydrogen (secondary N) is 1. The van der Waals surface area contributed by atoms with Gasteiger partial charge in [0.25, 0.3) is 0 Å². The van der Waals surface area contributed by atoms with Gasteiger partial charge < -0.3 is 15.8 Å². The highest BCUT2D eigenvalue weighted by Gasteiger charge is 2.23. The van der Waals surface area contributed by atoms with Gasteiger partial charge in [0.05, 0.1) is 12.6 Å². The zero-order chi connectivity index (χ0) is 13.7. The van der Waals surface area contributed by atoms with Crippen LogP contribution in [0.1, 0.15) is 43.4 Å². The lowest BCUT2D eigenvalue weighted by atomic mass is 10.1. The summed E-state index contributed by atoms with van der Waals surface area (Å²) in [5.74, 6) is 0.0609. The third-order valence-electron chi connectivity index (χ3n) is 3.40. The van der Waals surface area contributed by atoms with Gasteiger partial charge in [0.2, 0.25) is 5.91 Å². The molecule has 104 valence electrons. The van der Waals surface area contributed by atoms with Crippen molar-refractivity contribution in [2.75, 3.05) is 18.9 Å². The van der Waals surface area contributed by atoms with Gasteiger partial charge >= 0.3 is 0 Å². The zero-order valence-electron chi connectivity index (χ0n) is 11.4. The fraction of sp³-hybridized carbons (Fsp3) is 0.533. The number of amides is 1. The van der Waals surface area contributed by atoms with Crippen molar-refractivity contribution in [2.24, 2.45) is 0 Å². The van der Waals surface area contributed by atoms with Crippen LogP contribution < -0.4 is 11.1 Å². The monoisotopic (exact) mass is 262 g/mol. The Morgan fingerprint density at radius 2 is 2.32 bits per heavy atom. The predicted molar refractivity (Wildman–Crippen MR) is 75.8 cm³/mol. The SMILES string of the molecule is CCCOCCC(=O)NC1CCc2cc(N)ccc21.